The van der Waals surface area contributed by atoms with Gasteiger partial charge in [-0.2, -0.15) is 0 Å². The van der Waals surface area contributed by atoms with E-state index in [-0.39, 0.29) is 39.7 Å². The van der Waals surface area contributed by atoms with E-state index in [0.29, 0.717) is 11.1 Å². The zero-order valence-electron chi connectivity index (χ0n) is 12.3. The molecule has 2 aromatic carbocycles. The van der Waals surface area contributed by atoms with E-state index in [2.05, 4.69) is 0 Å². The Morgan fingerprint density at radius 1 is 0.783 bits per heavy atom. The van der Waals surface area contributed by atoms with Crippen LogP contribution in [0, 0.1) is 13.8 Å². The van der Waals surface area contributed by atoms with Crippen molar-refractivity contribution >= 4 is 11.9 Å². The van der Waals surface area contributed by atoms with Crippen LogP contribution >= 0.6 is 0 Å². The number of carbonyl (C=O) groups is 2. The third-order valence-electron chi connectivity index (χ3n) is 2.92. The van der Waals surface area contributed by atoms with Crippen LogP contribution in [-0.4, -0.2) is 22.2 Å². The smallest absolute Gasteiger partial charge is 0.545 e. The first-order valence-corrected chi connectivity index (χ1v) is 6.25. The Kier molecular flexibility index (Phi) is 7.87. The molecule has 0 unspecified atom stereocenters. The normalized spacial score (nSPS) is 9.13. The zero-order chi connectivity index (χ0) is 16.9. The Hall–Kier alpha value is -2.50. The molecular weight excluding hydrogens is 352 g/mol. The third-order valence-corrected chi connectivity index (χ3v) is 2.92. The Balaban J connectivity index is 0.000000403. The van der Waals surface area contributed by atoms with Crippen molar-refractivity contribution in [2.45, 2.75) is 13.8 Å². The van der Waals surface area contributed by atoms with Crippen LogP contribution in [0.4, 0.5) is 0 Å². The maximum absolute atomic E-state index is 10.3. The predicted molar refractivity (Wildman–Crippen MR) is 74.3 cm³/mol. The van der Waals surface area contributed by atoms with Gasteiger partial charge < -0.3 is 30.0 Å². The average Bonchev–Trinajstić information content (AvgIpc) is 2.45. The summed E-state index contributed by atoms with van der Waals surface area (Å²) in [5.74, 6) is -3.14. The minimum Gasteiger partial charge on any atom is -0.545 e. The zero-order valence-corrected chi connectivity index (χ0v) is 13.2. The summed E-state index contributed by atoms with van der Waals surface area (Å²) in [6.45, 7) is 3.25. The van der Waals surface area contributed by atoms with Crippen molar-refractivity contribution in [1.29, 1.82) is 0 Å². The number of rotatable bonds is 2. The summed E-state index contributed by atoms with van der Waals surface area (Å²) in [4.78, 5) is 20.6. The first kappa shape index (κ1) is 20.5. The molecule has 6 nitrogen and oxygen atoms in total. The summed E-state index contributed by atoms with van der Waals surface area (Å²) >= 11 is 0. The van der Waals surface area contributed by atoms with E-state index in [1.165, 1.54) is 12.1 Å². The van der Waals surface area contributed by atoms with Gasteiger partial charge in [0, 0.05) is 11.1 Å². The quantitative estimate of drug-likeness (QED) is 0.729. The van der Waals surface area contributed by atoms with Crippen molar-refractivity contribution in [2.75, 3.05) is 0 Å². The van der Waals surface area contributed by atoms with Crippen LogP contribution in [0.3, 0.4) is 0 Å². The second-order valence-corrected chi connectivity index (χ2v) is 4.52. The van der Waals surface area contributed by atoms with Gasteiger partial charge in [0.25, 0.3) is 0 Å². The standard InChI is InChI=1S/2C8H8O3.Cu/c2*1-5-3-2-4-6(7(5)9)8(10)11;/h2*2-4,9H,1H3,(H,10,11);/q;;+2/p-2. The molecule has 1 radical (unpaired) electrons. The number of carboxylic acids is 2. The Labute approximate surface area is 143 Å². The van der Waals surface area contributed by atoms with Gasteiger partial charge in [-0.25, -0.2) is 0 Å². The molecule has 0 saturated heterocycles. The van der Waals surface area contributed by atoms with Crippen molar-refractivity contribution in [2.24, 2.45) is 0 Å². The molecule has 0 atom stereocenters. The summed E-state index contributed by atoms with van der Waals surface area (Å²) in [5.41, 5.74) is 0.744. The molecule has 0 saturated carbocycles. The van der Waals surface area contributed by atoms with Gasteiger partial charge in [-0.1, -0.05) is 24.3 Å². The maximum atomic E-state index is 10.3. The van der Waals surface area contributed by atoms with Crippen LogP contribution in [0.5, 0.6) is 11.5 Å². The maximum Gasteiger partial charge on any atom is 2.00 e. The van der Waals surface area contributed by atoms with Gasteiger partial charge in [0.1, 0.15) is 11.5 Å². The SMILES string of the molecule is Cc1cccc(C(=O)[O-])c1O.Cc1cccc(C(=O)[O-])c1O.[Cu+2]. The van der Waals surface area contributed by atoms with Crippen molar-refractivity contribution in [3.8, 4) is 11.5 Å². The molecule has 0 aliphatic carbocycles. The van der Waals surface area contributed by atoms with E-state index in [4.69, 9.17) is 10.2 Å². The fourth-order valence-electron chi connectivity index (χ4n) is 1.65. The number of carbonyl (C=O) groups excluding carboxylic acids is 2. The summed E-state index contributed by atoms with van der Waals surface area (Å²) in [5, 5.41) is 38.9. The largest absolute Gasteiger partial charge is 2.00 e. The first-order chi connectivity index (χ1) is 10.3. The molecule has 0 heterocycles. The summed E-state index contributed by atoms with van der Waals surface area (Å²) in [6, 6.07) is 8.97. The molecule has 23 heavy (non-hydrogen) atoms. The fourth-order valence-corrected chi connectivity index (χ4v) is 1.65. The van der Waals surface area contributed by atoms with E-state index in [0.717, 1.165) is 0 Å². The molecule has 0 amide bonds. The Bertz CT molecular complexity index is 650. The number of aromatic hydroxyl groups is 2. The third kappa shape index (κ3) is 5.32. The topological polar surface area (TPSA) is 121 Å². The molecule has 0 bridgehead atoms. The van der Waals surface area contributed by atoms with Gasteiger partial charge in [0.2, 0.25) is 0 Å². The van der Waals surface area contributed by atoms with Gasteiger partial charge in [0.15, 0.2) is 0 Å². The van der Waals surface area contributed by atoms with Crippen LogP contribution in [0.1, 0.15) is 31.8 Å². The molecular formula is C16H14CuO6. The van der Waals surface area contributed by atoms with Crippen molar-refractivity contribution in [3.05, 3.63) is 58.7 Å². The summed E-state index contributed by atoms with van der Waals surface area (Å²) in [6.07, 6.45) is 0. The number of para-hydroxylation sites is 2. The van der Waals surface area contributed by atoms with Crippen LogP contribution in [0.2, 0.25) is 0 Å². The van der Waals surface area contributed by atoms with Crippen LogP contribution in [0.15, 0.2) is 36.4 Å². The number of hydrogen-bond acceptors (Lipinski definition) is 6. The molecule has 7 heteroatoms. The molecule has 2 rings (SSSR count). The van der Waals surface area contributed by atoms with E-state index in [1.807, 2.05) is 0 Å². The van der Waals surface area contributed by atoms with Gasteiger partial charge in [-0.05, 0) is 37.1 Å². The monoisotopic (exact) mass is 365 g/mol. The number of aryl methyl sites for hydroxylation is 2. The first-order valence-electron chi connectivity index (χ1n) is 6.25. The molecule has 2 aromatic rings. The van der Waals surface area contributed by atoms with Crippen LogP contribution in [-0.2, 0) is 17.1 Å². The van der Waals surface area contributed by atoms with Crippen molar-refractivity contribution in [3.63, 3.8) is 0 Å². The predicted octanol–water partition coefficient (Wildman–Crippen LogP) is 0.126. The van der Waals surface area contributed by atoms with Crippen LogP contribution in [0.25, 0.3) is 0 Å². The summed E-state index contributed by atoms with van der Waals surface area (Å²) in [7, 11) is 0. The number of phenols is 2. The number of benzene rings is 2. The Morgan fingerprint density at radius 2 is 1.09 bits per heavy atom. The summed E-state index contributed by atoms with van der Waals surface area (Å²) < 4.78 is 0. The van der Waals surface area contributed by atoms with E-state index in [9.17, 15) is 19.8 Å². The van der Waals surface area contributed by atoms with Crippen molar-refractivity contribution in [1.82, 2.24) is 0 Å². The minimum absolute atomic E-state index is 0. The van der Waals surface area contributed by atoms with Crippen molar-refractivity contribution < 1.29 is 47.1 Å². The second kappa shape index (κ2) is 8.82. The van der Waals surface area contributed by atoms with E-state index < -0.39 is 11.9 Å². The second-order valence-electron chi connectivity index (χ2n) is 4.52. The minimum atomic E-state index is -1.36. The van der Waals surface area contributed by atoms with E-state index >= 15 is 0 Å². The number of hydrogen-bond donors (Lipinski definition) is 2. The van der Waals surface area contributed by atoms with Gasteiger partial charge >= 0.3 is 17.1 Å². The fraction of sp³-hybridized carbons (Fsp3) is 0.125. The average molecular weight is 366 g/mol. The molecule has 2 N–H and O–H groups in total. The Morgan fingerprint density at radius 3 is 1.30 bits per heavy atom. The molecule has 0 spiro atoms. The van der Waals surface area contributed by atoms with E-state index in [1.54, 1.807) is 38.1 Å². The number of aromatic carboxylic acids is 2. The molecule has 0 aromatic heterocycles. The molecule has 0 aliphatic rings. The van der Waals surface area contributed by atoms with Crippen LogP contribution < -0.4 is 10.2 Å². The number of carboxylic acid groups (broad SMARTS) is 2. The molecule has 125 valence electrons. The molecule has 0 fully saturated rings. The van der Waals surface area contributed by atoms with Gasteiger partial charge in [-0.3, -0.25) is 0 Å². The van der Waals surface area contributed by atoms with Gasteiger partial charge in [0.05, 0.1) is 11.9 Å². The van der Waals surface area contributed by atoms with Gasteiger partial charge in [-0.15, -0.1) is 0 Å². The molecule has 0 aliphatic heterocycles.